The molecule has 36 heavy (non-hydrogen) atoms. The van der Waals surface area contributed by atoms with Crippen LogP contribution in [-0.2, 0) is 19.6 Å². The number of rotatable bonds is 6. The van der Waals surface area contributed by atoms with Crippen LogP contribution in [0.1, 0.15) is 43.1 Å². The second-order valence-electron chi connectivity index (χ2n) is 8.55. The summed E-state index contributed by atoms with van der Waals surface area (Å²) in [6.07, 6.45) is 2.12. The van der Waals surface area contributed by atoms with Gasteiger partial charge in [0.05, 0.1) is 36.5 Å². The molecule has 0 aliphatic carbocycles. The lowest BCUT2D eigenvalue weighted by Crippen LogP contribution is -2.41. The van der Waals surface area contributed by atoms with Gasteiger partial charge >= 0.3 is 0 Å². The number of aliphatic hydroxyl groups is 1. The third-order valence-corrected chi connectivity index (χ3v) is 6.15. The lowest BCUT2D eigenvalue weighted by molar-refractivity contribution is 0.0947. The highest BCUT2D eigenvalue weighted by Gasteiger charge is 2.32. The van der Waals surface area contributed by atoms with Crippen LogP contribution in [0.4, 0.5) is 11.4 Å². The summed E-state index contributed by atoms with van der Waals surface area (Å²) in [7, 11) is 0. The minimum absolute atomic E-state index is 0.00664. The number of carbonyl (C=O) groups is 2. The first-order valence-electron chi connectivity index (χ1n) is 11.5. The number of nitrogens with zero attached hydrogens (tertiary/aromatic N) is 4. The summed E-state index contributed by atoms with van der Waals surface area (Å²) in [5.41, 5.74) is 5.13. The molecule has 2 amide bonds. The van der Waals surface area contributed by atoms with E-state index in [-0.39, 0.29) is 23.8 Å². The van der Waals surface area contributed by atoms with Gasteiger partial charge in [0.2, 0.25) is 0 Å². The Morgan fingerprint density at radius 1 is 1.00 bits per heavy atom. The smallest absolute Gasteiger partial charge is 0.277 e. The van der Waals surface area contributed by atoms with Gasteiger partial charge in [-0.25, -0.2) is 0 Å². The molecule has 3 aromatic carbocycles. The van der Waals surface area contributed by atoms with Gasteiger partial charge in [0.15, 0.2) is 0 Å². The SMILES string of the molecule is N#Cc1cccc(NC(=O)c2cnn3c2C(=O)N(c2ccc(Cc4cccc(CO)c4)cc2)CC3)c1. The monoisotopic (exact) mass is 477 g/mol. The topological polar surface area (TPSA) is 111 Å². The highest BCUT2D eigenvalue weighted by atomic mass is 16.3. The van der Waals surface area contributed by atoms with Gasteiger partial charge < -0.3 is 15.3 Å². The third-order valence-electron chi connectivity index (χ3n) is 6.15. The highest BCUT2D eigenvalue weighted by Crippen LogP contribution is 2.25. The molecule has 0 spiro atoms. The van der Waals surface area contributed by atoms with E-state index in [9.17, 15) is 14.7 Å². The van der Waals surface area contributed by atoms with Crippen molar-refractivity contribution in [3.05, 3.63) is 113 Å². The molecule has 2 heterocycles. The first kappa shape index (κ1) is 23.0. The highest BCUT2D eigenvalue weighted by molar-refractivity contribution is 6.15. The maximum Gasteiger partial charge on any atom is 0.277 e. The van der Waals surface area contributed by atoms with E-state index in [4.69, 9.17) is 5.26 Å². The Bertz CT molecular complexity index is 1480. The average Bonchev–Trinajstić information content (AvgIpc) is 3.35. The molecule has 0 radical (unpaired) electrons. The van der Waals surface area contributed by atoms with Crippen LogP contribution < -0.4 is 10.2 Å². The maximum atomic E-state index is 13.4. The van der Waals surface area contributed by atoms with Crippen molar-refractivity contribution in [2.24, 2.45) is 0 Å². The van der Waals surface area contributed by atoms with E-state index in [1.54, 1.807) is 33.8 Å². The van der Waals surface area contributed by atoms with E-state index in [0.29, 0.717) is 30.8 Å². The van der Waals surface area contributed by atoms with Gasteiger partial charge in [-0.15, -0.1) is 0 Å². The minimum Gasteiger partial charge on any atom is -0.392 e. The molecule has 0 fully saturated rings. The second-order valence-corrected chi connectivity index (χ2v) is 8.55. The third kappa shape index (κ3) is 4.60. The molecular formula is C28H23N5O3. The Morgan fingerprint density at radius 2 is 1.78 bits per heavy atom. The number of nitriles is 1. The number of carbonyl (C=O) groups excluding carboxylic acids is 2. The minimum atomic E-state index is -0.456. The van der Waals surface area contributed by atoms with Crippen LogP contribution in [0.2, 0.25) is 0 Å². The van der Waals surface area contributed by atoms with Crippen molar-refractivity contribution in [3.8, 4) is 6.07 Å². The Labute approximate surface area is 208 Å². The fraction of sp³-hybridized carbons (Fsp3) is 0.143. The number of hydrogen-bond acceptors (Lipinski definition) is 5. The van der Waals surface area contributed by atoms with E-state index < -0.39 is 5.91 Å². The lowest BCUT2D eigenvalue weighted by Gasteiger charge is -2.28. The van der Waals surface area contributed by atoms with Crippen molar-refractivity contribution < 1.29 is 14.7 Å². The maximum absolute atomic E-state index is 13.4. The average molecular weight is 478 g/mol. The van der Waals surface area contributed by atoms with Gasteiger partial charge in [-0.2, -0.15) is 10.4 Å². The van der Waals surface area contributed by atoms with E-state index in [0.717, 1.165) is 22.4 Å². The van der Waals surface area contributed by atoms with Crippen LogP contribution in [0.25, 0.3) is 0 Å². The summed E-state index contributed by atoms with van der Waals surface area (Å²) in [6, 6.07) is 24.2. The number of aliphatic hydroxyl groups excluding tert-OH is 1. The zero-order chi connectivity index (χ0) is 25.1. The fourth-order valence-corrected chi connectivity index (χ4v) is 4.35. The van der Waals surface area contributed by atoms with E-state index in [1.165, 1.54) is 6.20 Å². The van der Waals surface area contributed by atoms with Gasteiger partial charge in [-0.3, -0.25) is 14.3 Å². The van der Waals surface area contributed by atoms with Gasteiger partial charge in [0.1, 0.15) is 5.69 Å². The molecule has 1 aromatic heterocycles. The Hall–Kier alpha value is -4.74. The quantitative estimate of drug-likeness (QED) is 0.439. The number of amides is 2. The predicted octanol–water partition coefficient (Wildman–Crippen LogP) is 3.75. The first-order valence-corrected chi connectivity index (χ1v) is 11.5. The first-order chi connectivity index (χ1) is 17.6. The van der Waals surface area contributed by atoms with Gasteiger partial charge in [-0.1, -0.05) is 42.5 Å². The normalized spacial score (nSPS) is 12.7. The van der Waals surface area contributed by atoms with E-state index in [1.807, 2.05) is 54.6 Å². The van der Waals surface area contributed by atoms with Crippen LogP contribution >= 0.6 is 0 Å². The summed E-state index contributed by atoms with van der Waals surface area (Å²) in [5, 5.41) is 25.4. The Morgan fingerprint density at radius 3 is 2.56 bits per heavy atom. The van der Waals surface area contributed by atoms with Crippen LogP contribution in [0.5, 0.6) is 0 Å². The largest absolute Gasteiger partial charge is 0.392 e. The fourth-order valence-electron chi connectivity index (χ4n) is 4.35. The molecular weight excluding hydrogens is 454 g/mol. The number of aromatic nitrogens is 2. The number of hydrogen-bond donors (Lipinski definition) is 2. The van der Waals surface area contributed by atoms with Gasteiger partial charge in [-0.05, 0) is 53.4 Å². The number of benzene rings is 3. The van der Waals surface area contributed by atoms with Crippen molar-refractivity contribution in [2.45, 2.75) is 19.6 Å². The van der Waals surface area contributed by atoms with Gasteiger partial charge in [0.25, 0.3) is 11.8 Å². The molecule has 8 heteroatoms. The van der Waals surface area contributed by atoms with Crippen LogP contribution in [0.15, 0.2) is 79.0 Å². The standard InChI is InChI=1S/C28H23N5O3/c29-16-21-4-2-6-23(15-21)31-27(35)25-17-30-33-12-11-32(28(36)26(25)33)24-9-7-19(8-10-24)13-20-3-1-5-22(14-20)18-34/h1-10,14-15,17,34H,11-13,18H2,(H,31,35). The predicted molar refractivity (Wildman–Crippen MR) is 135 cm³/mol. The van der Waals surface area contributed by atoms with Crippen LogP contribution in [0.3, 0.4) is 0 Å². The summed E-state index contributed by atoms with van der Waals surface area (Å²) < 4.78 is 1.56. The molecule has 8 nitrogen and oxygen atoms in total. The number of fused-ring (bicyclic) bond motifs is 1. The van der Waals surface area contributed by atoms with Crippen molar-refractivity contribution in [1.82, 2.24) is 9.78 Å². The van der Waals surface area contributed by atoms with Crippen molar-refractivity contribution in [3.63, 3.8) is 0 Å². The molecule has 5 rings (SSSR count). The summed E-state index contributed by atoms with van der Waals surface area (Å²) in [6.45, 7) is 0.914. The molecule has 0 saturated heterocycles. The Balaban J connectivity index is 1.33. The molecule has 0 bridgehead atoms. The van der Waals surface area contributed by atoms with Crippen molar-refractivity contribution in [1.29, 1.82) is 5.26 Å². The lowest BCUT2D eigenvalue weighted by atomic mass is 10.0. The zero-order valence-electron chi connectivity index (χ0n) is 19.4. The second kappa shape index (κ2) is 9.86. The molecule has 4 aromatic rings. The van der Waals surface area contributed by atoms with Crippen molar-refractivity contribution in [2.75, 3.05) is 16.8 Å². The van der Waals surface area contributed by atoms with Crippen molar-refractivity contribution >= 4 is 23.2 Å². The van der Waals surface area contributed by atoms with Gasteiger partial charge in [0, 0.05) is 17.9 Å². The summed E-state index contributed by atoms with van der Waals surface area (Å²) in [5.74, 6) is -0.750. The molecule has 0 saturated carbocycles. The number of anilines is 2. The molecule has 2 N–H and O–H groups in total. The Kier molecular flexibility index (Phi) is 6.31. The van der Waals surface area contributed by atoms with E-state index >= 15 is 0 Å². The molecule has 0 atom stereocenters. The zero-order valence-corrected chi connectivity index (χ0v) is 19.4. The summed E-state index contributed by atoms with van der Waals surface area (Å²) >= 11 is 0. The van der Waals surface area contributed by atoms with E-state index in [2.05, 4.69) is 10.4 Å². The van der Waals surface area contributed by atoms with Crippen LogP contribution in [-0.4, -0.2) is 33.2 Å². The molecule has 1 aliphatic rings. The number of nitrogens with one attached hydrogen (secondary N) is 1. The van der Waals surface area contributed by atoms with Crippen LogP contribution in [0, 0.1) is 11.3 Å². The summed E-state index contributed by atoms with van der Waals surface area (Å²) in [4.78, 5) is 28.0. The molecule has 0 unspecified atom stereocenters. The molecule has 178 valence electrons. The molecule has 1 aliphatic heterocycles.